The van der Waals surface area contributed by atoms with Crippen LogP contribution in [0.1, 0.15) is 32.3 Å². The summed E-state index contributed by atoms with van der Waals surface area (Å²) in [5, 5.41) is 0. The zero-order valence-electron chi connectivity index (χ0n) is 10.3. The van der Waals surface area contributed by atoms with Crippen molar-refractivity contribution in [2.24, 2.45) is 5.41 Å². The molecule has 1 aromatic heterocycles. The van der Waals surface area contributed by atoms with E-state index in [0.717, 1.165) is 18.4 Å². The zero-order chi connectivity index (χ0) is 12.5. The molecule has 17 heavy (non-hydrogen) atoms. The van der Waals surface area contributed by atoms with Gasteiger partial charge in [0.2, 0.25) is 5.91 Å². The number of halogens is 1. The van der Waals surface area contributed by atoms with Crippen LogP contribution in [0.4, 0.5) is 0 Å². The Balaban J connectivity index is 2.10. The van der Waals surface area contributed by atoms with E-state index in [1.807, 2.05) is 24.8 Å². The van der Waals surface area contributed by atoms with Gasteiger partial charge >= 0.3 is 0 Å². The lowest BCUT2D eigenvalue weighted by Gasteiger charge is -2.30. The van der Waals surface area contributed by atoms with Crippen molar-refractivity contribution < 1.29 is 9.21 Å². The summed E-state index contributed by atoms with van der Waals surface area (Å²) >= 11 is 5.87. The van der Waals surface area contributed by atoms with Gasteiger partial charge in [-0.1, -0.05) is 0 Å². The Bertz CT molecular complexity index is 382. The molecule has 0 atom stereocenters. The van der Waals surface area contributed by atoms with Crippen LogP contribution in [0.15, 0.2) is 23.0 Å². The Morgan fingerprint density at radius 2 is 2.29 bits per heavy atom. The van der Waals surface area contributed by atoms with Gasteiger partial charge in [-0.2, -0.15) is 0 Å². The fraction of sp³-hybridized carbons (Fsp3) is 0.615. The molecule has 1 aliphatic carbocycles. The molecule has 0 radical (unpaired) electrons. The minimum atomic E-state index is -0.492. The van der Waals surface area contributed by atoms with Crippen LogP contribution >= 0.6 is 11.6 Å². The van der Waals surface area contributed by atoms with Crippen molar-refractivity contribution >= 4 is 17.5 Å². The number of amides is 1. The van der Waals surface area contributed by atoms with Crippen LogP contribution < -0.4 is 0 Å². The van der Waals surface area contributed by atoms with E-state index >= 15 is 0 Å². The smallest absolute Gasteiger partial charge is 0.229 e. The van der Waals surface area contributed by atoms with Gasteiger partial charge in [0.15, 0.2) is 0 Å². The summed E-state index contributed by atoms with van der Waals surface area (Å²) in [6.07, 6.45) is 5.53. The van der Waals surface area contributed by atoms with Crippen LogP contribution in [0.2, 0.25) is 0 Å². The van der Waals surface area contributed by atoms with Gasteiger partial charge in [-0.05, 0) is 32.8 Å². The Morgan fingerprint density at radius 1 is 1.59 bits per heavy atom. The van der Waals surface area contributed by atoms with Gasteiger partial charge in [0.25, 0.3) is 0 Å². The standard InChI is InChI=1S/C13H18ClNO2/c1-13(2,9-14)12(16)15(11-3-4-11)7-10-5-6-17-8-10/h5-6,8,11H,3-4,7,9H2,1-2H3. The topological polar surface area (TPSA) is 33.5 Å². The quantitative estimate of drug-likeness (QED) is 0.758. The summed E-state index contributed by atoms with van der Waals surface area (Å²) in [5.41, 5.74) is 0.545. The molecule has 2 rings (SSSR count). The maximum Gasteiger partial charge on any atom is 0.229 e. The van der Waals surface area contributed by atoms with Gasteiger partial charge < -0.3 is 9.32 Å². The van der Waals surface area contributed by atoms with E-state index in [-0.39, 0.29) is 5.91 Å². The van der Waals surface area contributed by atoms with Crippen LogP contribution in [0.5, 0.6) is 0 Å². The number of carbonyl (C=O) groups is 1. The second-order valence-corrected chi connectivity index (χ2v) is 5.58. The molecule has 3 nitrogen and oxygen atoms in total. The van der Waals surface area contributed by atoms with Crippen molar-refractivity contribution in [2.75, 3.05) is 5.88 Å². The molecular weight excluding hydrogens is 238 g/mol. The predicted octanol–water partition coefficient (Wildman–Crippen LogP) is 3.04. The highest BCUT2D eigenvalue weighted by Gasteiger charge is 2.39. The number of furan rings is 1. The largest absolute Gasteiger partial charge is 0.472 e. The molecule has 1 heterocycles. The number of hydrogen-bond acceptors (Lipinski definition) is 2. The lowest BCUT2D eigenvalue weighted by molar-refractivity contribution is -0.140. The fourth-order valence-electron chi connectivity index (χ4n) is 1.78. The molecule has 1 saturated carbocycles. The number of rotatable bonds is 5. The third kappa shape index (κ3) is 2.83. The second-order valence-electron chi connectivity index (χ2n) is 5.31. The first-order chi connectivity index (χ1) is 8.04. The summed E-state index contributed by atoms with van der Waals surface area (Å²) in [4.78, 5) is 14.4. The fourth-order valence-corrected chi connectivity index (χ4v) is 1.89. The lowest BCUT2D eigenvalue weighted by atomic mass is 9.94. The summed E-state index contributed by atoms with van der Waals surface area (Å²) in [7, 11) is 0. The van der Waals surface area contributed by atoms with Crippen LogP contribution in [-0.4, -0.2) is 22.7 Å². The average molecular weight is 256 g/mol. The molecule has 4 heteroatoms. The van der Waals surface area contributed by atoms with Crippen LogP contribution in [-0.2, 0) is 11.3 Å². The molecule has 0 N–H and O–H groups in total. The molecule has 0 saturated heterocycles. The molecule has 1 amide bonds. The minimum absolute atomic E-state index is 0.135. The van der Waals surface area contributed by atoms with E-state index in [1.165, 1.54) is 0 Å². The van der Waals surface area contributed by atoms with E-state index in [0.29, 0.717) is 18.5 Å². The van der Waals surface area contributed by atoms with E-state index in [9.17, 15) is 4.79 Å². The highest BCUT2D eigenvalue weighted by molar-refractivity contribution is 6.19. The van der Waals surface area contributed by atoms with Gasteiger partial charge in [-0.15, -0.1) is 11.6 Å². The van der Waals surface area contributed by atoms with E-state index in [2.05, 4.69) is 0 Å². The first kappa shape index (κ1) is 12.5. The van der Waals surface area contributed by atoms with Crippen LogP contribution in [0, 0.1) is 5.41 Å². The molecule has 0 bridgehead atoms. The van der Waals surface area contributed by atoms with Crippen molar-refractivity contribution in [2.45, 2.75) is 39.3 Å². The minimum Gasteiger partial charge on any atom is -0.472 e. The average Bonchev–Trinajstić information content (AvgIpc) is 3.03. The second kappa shape index (κ2) is 4.73. The summed E-state index contributed by atoms with van der Waals surface area (Å²) in [6, 6.07) is 2.29. The zero-order valence-corrected chi connectivity index (χ0v) is 11.0. The molecule has 1 aromatic rings. The molecule has 0 unspecified atom stereocenters. The molecule has 0 spiro atoms. The van der Waals surface area contributed by atoms with Crippen LogP contribution in [0.3, 0.4) is 0 Å². The third-order valence-electron chi connectivity index (χ3n) is 3.09. The normalized spacial score (nSPS) is 15.9. The van der Waals surface area contributed by atoms with Crippen molar-refractivity contribution in [1.82, 2.24) is 4.90 Å². The van der Waals surface area contributed by atoms with Gasteiger partial charge in [-0.3, -0.25) is 4.79 Å². The van der Waals surface area contributed by atoms with E-state index in [1.54, 1.807) is 12.5 Å². The van der Waals surface area contributed by atoms with Crippen molar-refractivity contribution in [3.8, 4) is 0 Å². The Hall–Kier alpha value is -0.960. The van der Waals surface area contributed by atoms with Gasteiger partial charge in [-0.25, -0.2) is 0 Å². The van der Waals surface area contributed by atoms with E-state index < -0.39 is 5.41 Å². The van der Waals surface area contributed by atoms with Crippen molar-refractivity contribution in [1.29, 1.82) is 0 Å². The van der Waals surface area contributed by atoms with Crippen molar-refractivity contribution in [3.63, 3.8) is 0 Å². The summed E-state index contributed by atoms with van der Waals surface area (Å²) in [5.74, 6) is 0.483. The summed E-state index contributed by atoms with van der Waals surface area (Å²) < 4.78 is 5.04. The monoisotopic (exact) mass is 255 g/mol. The van der Waals surface area contributed by atoms with Gasteiger partial charge in [0, 0.05) is 24.0 Å². The molecule has 0 aliphatic heterocycles. The maximum absolute atomic E-state index is 12.4. The van der Waals surface area contributed by atoms with Gasteiger partial charge in [0.05, 0.1) is 17.9 Å². The molecule has 94 valence electrons. The SMILES string of the molecule is CC(C)(CCl)C(=O)N(Cc1ccoc1)C1CC1. The maximum atomic E-state index is 12.4. The highest BCUT2D eigenvalue weighted by atomic mass is 35.5. The Kier molecular flexibility index (Phi) is 3.48. The number of alkyl halides is 1. The first-order valence-electron chi connectivity index (χ1n) is 5.93. The molecule has 0 aromatic carbocycles. The Morgan fingerprint density at radius 3 is 2.76 bits per heavy atom. The number of nitrogens with zero attached hydrogens (tertiary/aromatic N) is 1. The highest BCUT2D eigenvalue weighted by Crippen LogP contribution is 2.33. The first-order valence-corrected chi connectivity index (χ1v) is 6.46. The molecule has 1 fully saturated rings. The number of hydrogen-bond donors (Lipinski definition) is 0. The predicted molar refractivity (Wildman–Crippen MR) is 66.8 cm³/mol. The number of carbonyl (C=O) groups excluding carboxylic acids is 1. The van der Waals surface area contributed by atoms with Crippen LogP contribution in [0.25, 0.3) is 0 Å². The summed E-state index contributed by atoms with van der Waals surface area (Å²) in [6.45, 7) is 4.42. The van der Waals surface area contributed by atoms with Crippen molar-refractivity contribution in [3.05, 3.63) is 24.2 Å². The third-order valence-corrected chi connectivity index (χ3v) is 3.76. The lowest BCUT2D eigenvalue weighted by Crippen LogP contribution is -2.42. The molecular formula is C13H18ClNO2. The van der Waals surface area contributed by atoms with E-state index in [4.69, 9.17) is 16.0 Å². The Labute approximate surface area is 107 Å². The molecule has 1 aliphatic rings. The van der Waals surface area contributed by atoms with Gasteiger partial charge in [0.1, 0.15) is 0 Å².